The second kappa shape index (κ2) is 10.6. The van der Waals surface area contributed by atoms with Crippen molar-refractivity contribution in [1.82, 2.24) is 15.2 Å². The molecule has 5 nitrogen and oxygen atoms in total. The number of benzene rings is 2. The van der Waals surface area contributed by atoms with Crippen molar-refractivity contribution < 1.29 is 9.53 Å². The maximum atomic E-state index is 13.5. The molecule has 4 rings (SSSR count). The lowest BCUT2D eigenvalue weighted by Gasteiger charge is -2.42. The van der Waals surface area contributed by atoms with E-state index in [1.54, 1.807) is 13.3 Å². The summed E-state index contributed by atoms with van der Waals surface area (Å²) in [5.74, 6) is 1.02. The highest BCUT2D eigenvalue weighted by Gasteiger charge is 2.42. The van der Waals surface area contributed by atoms with Crippen molar-refractivity contribution in [3.8, 4) is 16.9 Å². The van der Waals surface area contributed by atoms with Crippen molar-refractivity contribution in [3.05, 3.63) is 84.2 Å². The summed E-state index contributed by atoms with van der Waals surface area (Å²) in [6.45, 7) is 5.16. The molecule has 1 amide bonds. The minimum Gasteiger partial charge on any atom is -0.497 e. The quantitative estimate of drug-likeness (QED) is 0.547. The van der Waals surface area contributed by atoms with Crippen molar-refractivity contribution in [2.75, 3.05) is 26.7 Å². The minimum absolute atomic E-state index is 0.154. The van der Waals surface area contributed by atoms with Crippen molar-refractivity contribution in [2.45, 2.75) is 32.7 Å². The van der Waals surface area contributed by atoms with Gasteiger partial charge >= 0.3 is 0 Å². The summed E-state index contributed by atoms with van der Waals surface area (Å²) >= 11 is 0. The smallest absolute Gasteiger partial charge is 0.227 e. The summed E-state index contributed by atoms with van der Waals surface area (Å²) in [6, 6.07) is 20.7. The van der Waals surface area contributed by atoms with Gasteiger partial charge in [-0.2, -0.15) is 0 Å². The van der Waals surface area contributed by atoms with Crippen molar-refractivity contribution in [1.29, 1.82) is 0 Å². The molecule has 1 aliphatic rings. The molecule has 5 heteroatoms. The maximum absolute atomic E-state index is 13.5. The first-order chi connectivity index (χ1) is 16.1. The number of piperidine rings is 1. The summed E-state index contributed by atoms with van der Waals surface area (Å²) < 4.78 is 5.40. The molecule has 1 N–H and O–H groups in total. The molecule has 3 aromatic rings. The number of carbonyl (C=O) groups excluding carboxylic acids is 1. The van der Waals surface area contributed by atoms with Crippen LogP contribution >= 0.6 is 0 Å². The molecule has 0 unspecified atom stereocenters. The average molecular weight is 444 g/mol. The number of aromatic nitrogens is 1. The third kappa shape index (κ3) is 5.42. The summed E-state index contributed by atoms with van der Waals surface area (Å²) in [5, 5.41) is 3.14. The molecule has 0 saturated carbocycles. The van der Waals surface area contributed by atoms with E-state index in [0.717, 1.165) is 49.4 Å². The SMILES string of the molecule is CCNC(=O)[C@]1(Cc2ccccc2-c2cccnc2)CCCN(Cc2cccc(OC)c2)C1. The Morgan fingerprint density at radius 3 is 2.82 bits per heavy atom. The Morgan fingerprint density at radius 1 is 1.15 bits per heavy atom. The Bertz CT molecular complexity index is 1070. The number of nitrogens with one attached hydrogen (secondary N) is 1. The molecule has 0 aliphatic carbocycles. The fourth-order valence-electron chi connectivity index (χ4n) is 4.99. The number of methoxy groups -OCH3 is 1. The normalized spacial score (nSPS) is 18.6. The van der Waals surface area contributed by atoms with Gasteiger partial charge in [-0.25, -0.2) is 0 Å². The fourth-order valence-corrected chi connectivity index (χ4v) is 4.99. The zero-order valence-electron chi connectivity index (χ0n) is 19.6. The third-order valence-corrected chi connectivity index (χ3v) is 6.53. The minimum atomic E-state index is -0.467. The second-order valence-electron chi connectivity index (χ2n) is 8.88. The predicted molar refractivity (Wildman–Crippen MR) is 132 cm³/mol. The first kappa shape index (κ1) is 23.0. The van der Waals surface area contributed by atoms with Gasteiger partial charge in [0.15, 0.2) is 0 Å². The number of carbonyl (C=O) groups is 1. The van der Waals surface area contributed by atoms with E-state index >= 15 is 0 Å². The van der Waals surface area contributed by atoms with Crippen LogP contribution in [0.15, 0.2) is 73.1 Å². The van der Waals surface area contributed by atoms with Crippen LogP contribution in [0.2, 0.25) is 0 Å². The molecule has 2 aromatic carbocycles. The summed E-state index contributed by atoms with van der Waals surface area (Å²) in [7, 11) is 1.69. The van der Waals surface area contributed by atoms with Gasteiger partial charge in [0.1, 0.15) is 5.75 Å². The van der Waals surface area contributed by atoms with Crippen LogP contribution in [0.5, 0.6) is 5.75 Å². The number of likely N-dealkylation sites (tertiary alicyclic amines) is 1. The molecule has 1 aliphatic heterocycles. The van der Waals surface area contributed by atoms with Gasteiger partial charge in [-0.3, -0.25) is 14.7 Å². The van der Waals surface area contributed by atoms with E-state index in [2.05, 4.69) is 57.7 Å². The van der Waals surface area contributed by atoms with Gasteiger partial charge in [-0.05, 0) is 67.6 Å². The largest absolute Gasteiger partial charge is 0.497 e. The highest BCUT2D eigenvalue weighted by atomic mass is 16.5. The standard InChI is InChI=1S/C28H33N3O2/c1-3-30-27(32)28(18-23-10-4-5-13-26(23)24-11-7-15-29-19-24)14-8-16-31(21-28)20-22-9-6-12-25(17-22)33-2/h4-7,9-13,15,17,19H,3,8,14,16,18,20-21H2,1-2H3,(H,30,32)/t28-/m0/s1. The Morgan fingerprint density at radius 2 is 2.03 bits per heavy atom. The molecule has 0 radical (unpaired) electrons. The van der Waals surface area contributed by atoms with Gasteiger partial charge < -0.3 is 10.1 Å². The van der Waals surface area contributed by atoms with Gasteiger partial charge in [0.05, 0.1) is 12.5 Å². The van der Waals surface area contributed by atoms with E-state index in [9.17, 15) is 4.79 Å². The summed E-state index contributed by atoms with van der Waals surface area (Å²) in [6.07, 6.45) is 6.27. The summed E-state index contributed by atoms with van der Waals surface area (Å²) in [5.41, 5.74) is 4.17. The van der Waals surface area contributed by atoms with E-state index in [4.69, 9.17) is 4.74 Å². The van der Waals surface area contributed by atoms with Crippen molar-refractivity contribution >= 4 is 5.91 Å². The van der Waals surface area contributed by atoms with Crippen molar-refractivity contribution in [2.24, 2.45) is 5.41 Å². The lowest BCUT2D eigenvalue weighted by Crippen LogP contribution is -2.53. The van der Waals surface area contributed by atoms with Crippen LogP contribution in [0, 0.1) is 5.41 Å². The number of hydrogen-bond acceptors (Lipinski definition) is 4. The molecule has 0 bridgehead atoms. The first-order valence-electron chi connectivity index (χ1n) is 11.8. The van der Waals surface area contributed by atoms with Gasteiger partial charge in [-0.15, -0.1) is 0 Å². The second-order valence-corrected chi connectivity index (χ2v) is 8.88. The highest BCUT2D eigenvalue weighted by molar-refractivity contribution is 5.84. The van der Waals surface area contributed by atoms with Crippen LogP contribution in [0.3, 0.4) is 0 Å². The molecule has 33 heavy (non-hydrogen) atoms. The number of amides is 1. The molecule has 1 fully saturated rings. The topological polar surface area (TPSA) is 54.5 Å². The van der Waals surface area contributed by atoms with Gasteiger partial charge in [0.2, 0.25) is 5.91 Å². The molecule has 1 aromatic heterocycles. The summed E-state index contributed by atoms with van der Waals surface area (Å²) in [4.78, 5) is 20.2. The number of rotatable bonds is 8. The molecular weight excluding hydrogens is 410 g/mol. The average Bonchev–Trinajstić information content (AvgIpc) is 2.85. The Kier molecular flexibility index (Phi) is 7.40. The monoisotopic (exact) mass is 443 g/mol. The molecule has 172 valence electrons. The number of nitrogens with zero attached hydrogens (tertiary/aromatic N) is 2. The molecule has 2 heterocycles. The van der Waals surface area contributed by atoms with Crippen LogP contribution < -0.4 is 10.1 Å². The Balaban J connectivity index is 1.63. The number of pyridine rings is 1. The van der Waals surface area contributed by atoms with E-state index < -0.39 is 5.41 Å². The fraction of sp³-hybridized carbons (Fsp3) is 0.357. The molecule has 0 spiro atoms. The number of hydrogen-bond donors (Lipinski definition) is 1. The van der Waals surface area contributed by atoms with E-state index in [-0.39, 0.29) is 5.91 Å². The van der Waals surface area contributed by atoms with Crippen LogP contribution in [0.1, 0.15) is 30.9 Å². The predicted octanol–water partition coefficient (Wildman–Crippen LogP) is 4.72. The van der Waals surface area contributed by atoms with Crippen LogP contribution in [-0.4, -0.2) is 42.5 Å². The number of ether oxygens (including phenoxy) is 1. The van der Waals surface area contributed by atoms with E-state index in [0.29, 0.717) is 13.0 Å². The van der Waals surface area contributed by atoms with Gasteiger partial charge in [0, 0.05) is 37.6 Å². The third-order valence-electron chi connectivity index (χ3n) is 6.53. The lowest BCUT2D eigenvalue weighted by atomic mass is 9.73. The van der Waals surface area contributed by atoms with Gasteiger partial charge in [0.25, 0.3) is 0 Å². The Labute approximate surface area is 196 Å². The zero-order valence-corrected chi connectivity index (χ0v) is 19.6. The lowest BCUT2D eigenvalue weighted by molar-refractivity contribution is -0.134. The Hall–Kier alpha value is -3.18. The van der Waals surface area contributed by atoms with Crippen LogP contribution in [0.4, 0.5) is 0 Å². The maximum Gasteiger partial charge on any atom is 0.227 e. The van der Waals surface area contributed by atoms with Crippen LogP contribution in [-0.2, 0) is 17.8 Å². The zero-order chi connectivity index (χ0) is 23.1. The van der Waals surface area contributed by atoms with Crippen molar-refractivity contribution in [3.63, 3.8) is 0 Å². The van der Waals surface area contributed by atoms with Gasteiger partial charge in [-0.1, -0.05) is 42.5 Å². The molecule has 1 saturated heterocycles. The van der Waals surface area contributed by atoms with Crippen LogP contribution in [0.25, 0.3) is 11.1 Å². The van der Waals surface area contributed by atoms with E-state index in [1.807, 2.05) is 31.3 Å². The first-order valence-corrected chi connectivity index (χ1v) is 11.8. The molecular formula is C28H33N3O2. The molecule has 1 atom stereocenters. The van der Waals surface area contributed by atoms with E-state index in [1.165, 1.54) is 11.1 Å². The highest BCUT2D eigenvalue weighted by Crippen LogP contribution is 2.37.